The summed E-state index contributed by atoms with van der Waals surface area (Å²) in [6, 6.07) is 5.76. The van der Waals surface area contributed by atoms with Crippen LogP contribution in [0.5, 0.6) is 5.75 Å². The van der Waals surface area contributed by atoms with E-state index in [-0.39, 0.29) is 24.0 Å². The molecule has 0 fully saturated rings. The van der Waals surface area contributed by atoms with Crippen molar-refractivity contribution in [2.75, 3.05) is 53.7 Å². The molecule has 0 aliphatic heterocycles. The molecule has 0 bridgehead atoms. The number of unbranched alkanes of at least 4 members (excludes halogenated alkanes) is 1. The van der Waals surface area contributed by atoms with Gasteiger partial charge in [-0.05, 0) is 43.9 Å². The lowest BCUT2D eigenvalue weighted by atomic mass is 10.1. The summed E-state index contributed by atoms with van der Waals surface area (Å²) >= 11 is 6.28. The number of aliphatic imine (C=N–C) groups is 1. The van der Waals surface area contributed by atoms with Crippen LogP contribution in [0, 0.1) is 0 Å². The van der Waals surface area contributed by atoms with E-state index in [2.05, 4.69) is 22.5 Å². The molecular formula is C19H33ClIN3O3. The Morgan fingerprint density at radius 2 is 1.93 bits per heavy atom. The van der Waals surface area contributed by atoms with Crippen LogP contribution in [0.15, 0.2) is 23.2 Å². The third kappa shape index (κ3) is 12.3. The topological polar surface area (TPSA) is 64.1 Å². The van der Waals surface area contributed by atoms with Gasteiger partial charge in [-0.2, -0.15) is 0 Å². The van der Waals surface area contributed by atoms with Crippen LogP contribution in [0.4, 0.5) is 0 Å². The van der Waals surface area contributed by atoms with Crippen LogP contribution < -0.4 is 15.4 Å². The first-order valence-corrected chi connectivity index (χ1v) is 9.50. The second-order valence-corrected chi connectivity index (χ2v) is 6.11. The van der Waals surface area contributed by atoms with Gasteiger partial charge in [0.05, 0.1) is 20.3 Å². The van der Waals surface area contributed by atoms with Gasteiger partial charge in [-0.3, -0.25) is 4.99 Å². The molecule has 1 aromatic rings. The van der Waals surface area contributed by atoms with Gasteiger partial charge in [-0.15, -0.1) is 24.0 Å². The van der Waals surface area contributed by atoms with Gasteiger partial charge in [0.15, 0.2) is 5.96 Å². The number of nitrogens with one attached hydrogen (secondary N) is 2. The van der Waals surface area contributed by atoms with Crippen LogP contribution in [0.25, 0.3) is 0 Å². The maximum absolute atomic E-state index is 6.28. The first-order chi connectivity index (χ1) is 12.7. The van der Waals surface area contributed by atoms with Crippen molar-refractivity contribution in [3.63, 3.8) is 0 Å². The standard InChI is InChI=1S/C19H32ClN3O3.HI/c1-4-21-19(22-10-5-6-12-26-14-13-24-2)23-11-9-16-7-8-17(25-3)15-18(16)20;/h7-8,15H,4-6,9-14H2,1-3H3,(H2,21,22,23);1H. The third-order valence-corrected chi connectivity index (χ3v) is 4.04. The second-order valence-electron chi connectivity index (χ2n) is 5.71. The quantitative estimate of drug-likeness (QED) is 0.183. The fraction of sp³-hybridized carbons (Fsp3) is 0.632. The number of methoxy groups -OCH3 is 2. The summed E-state index contributed by atoms with van der Waals surface area (Å²) < 4.78 is 15.6. The van der Waals surface area contributed by atoms with Crippen molar-refractivity contribution in [1.82, 2.24) is 10.6 Å². The molecule has 0 saturated carbocycles. The van der Waals surface area contributed by atoms with Crippen molar-refractivity contribution >= 4 is 41.5 Å². The molecule has 0 aliphatic carbocycles. The average molecular weight is 514 g/mol. The highest BCUT2D eigenvalue weighted by Crippen LogP contribution is 2.22. The highest BCUT2D eigenvalue weighted by Gasteiger charge is 2.03. The Balaban J connectivity index is 0.00000676. The molecule has 0 unspecified atom stereocenters. The molecule has 0 atom stereocenters. The zero-order valence-electron chi connectivity index (χ0n) is 16.6. The Labute approximate surface area is 185 Å². The fourth-order valence-electron chi connectivity index (χ4n) is 2.27. The van der Waals surface area contributed by atoms with Crippen LogP contribution in [0.1, 0.15) is 25.3 Å². The molecule has 0 amide bonds. The maximum Gasteiger partial charge on any atom is 0.191 e. The van der Waals surface area contributed by atoms with Crippen molar-refractivity contribution in [2.45, 2.75) is 26.2 Å². The van der Waals surface area contributed by atoms with Crippen molar-refractivity contribution in [1.29, 1.82) is 0 Å². The Morgan fingerprint density at radius 3 is 2.59 bits per heavy atom. The minimum atomic E-state index is 0. The number of nitrogens with zero attached hydrogens (tertiary/aromatic N) is 1. The molecule has 0 aromatic heterocycles. The van der Waals surface area contributed by atoms with E-state index in [1.54, 1.807) is 14.2 Å². The molecule has 0 heterocycles. The average Bonchev–Trinajstić information content (AvgIpc) is 2.65. The normalized spacial score (nSPS) is 11.0. The van der Waals surface area contributed by atoms with E-state index in [9.17, 15) is 0 Å². The molecule has 0 spiro atoms. The first-order valence-electron chi connectivity index (χ1n) is 9.12. The summed E-state index contributed by atoms with van der Waals surface area (Å²) in [4.78, 5) is 4.59. The van der Waals surface area contributed by atoms with Crippen molar-refractivity contribution in [3.05, 3.63) is 28.8 Å². The van der Waals surface area contributed by atoms with E-state index in [0.717, 1.165) is 67.8 Å². The summed E-state index contributed by atoms with van der Waals surface area (Å²) in [6.45, 7) is 6.46. The number of hydrogen-bond acceptors (Lipinski definition) is 4. The van der Waals surface area contributed by atoms with Gasteiger partial charge in [0, 0.05) is 38.4 Å². The van der Waals surface area contributed by atoms with E-state index in [1.165, 1.54) is 0 Å². The van der Waals surface area contributed by atoms with Crippen molar-refractivity contribution in [3.8, 4) is 5.75 Å². The molecule has 2 N–H and O–H groups in total. The molecule has 8 heteroatoms. The Hall–Kier alpha value is -0.770. The molecule has 0 saturated heterocycles. The van der Waals surface area contributed by atoms with Gasteiger partial charge in [-0.25, -0.2) is 0 Å². The minimum Gasteiger partial charge on any atom is -0.497 e. The number of hydrogen-bond donors (Lipinski definition) is 2. The molecule has 1 rings (SSSR count). The number of benzene rings is 1. The van der Waals surface area contributed by atoms with Crippen LogP contribution >= 0.6 is 35.6 Å². The van der Waals surface area contributed by atoms with Gasteiger partial charge >= 0.3 is 0 Å². The maximum atomic E-state index is 6.28. The Kier molecular flexibility index (Phi) is 16.8. The number of ether oxygens (including phenoxy) is 3. The zero-order chi connectivity index (χ0) is 19.0. The molecule has 27 heavy (non-hydrogen) atoms. The number of halogens is 2. The van der Waals surface area contributed by atoms with Gasteiger partial charge in [0.2, 0.25) is 0 Å². The largest absolute Gasteiger partial charge is 0.497 e. The summed E-state index contributed by atoms with van der Waals surface area (Å²) in [5, 5.41) is 7.33. The third-order valence-electron chi connectivity index (χ3n) is 3.69. The number of rotatable bonds is 13. The highest BCUT2D eigenvalue weighted by atomic mass is 127. The van der Waals surface area contributed by atoms with Crippen LogP contribution in [-0.4, -0.2) is 59.6 Å². The van der Waals surface area contributed by atoms with Gasteiger partial charge in [-0.1, -0.05) is 17.7 Å². The lowest BCUT2D eigenvalue weighted by molar-refractivity contribution is 0.0690. The summed E-state index contributed by atoms with van der Waals surface area (Å²) in [5.74, 6) is 1.60. The summed E-state index contributed by atoms with van der Waals surface area (Å²) in [5.41, 5.74) is 1.09. The molecule has 6 nitrogen and oxygen atoms in total. The highest BCUT2D eigenvalue weighted by molar-refractivity contribution is 14.0. The second kappa shape index (κ2) is 17.3. The molecule has 0 aliphatic rings. The van der Waals surface area contributed by atoms with Crippen LogP contribution in [-0.2, 0) is 15.9 Å². The fourth-order valence-corrected chi connectivity index (χ4v) is 2.53. The SMILES string of the molecule is CCNC(=NCCCCOCCOC)NCCc1ccc(OC)cc1Cl.I. The molecule has 0 radical (unpaired) electrons. The Morgan fingerprint density at radius 1 is 1.11 bits per heavy atom. The predicted octanol–water partition coefficient (Wildman–Crippen LogP) is 3.51. The van der Waals surface area contributed by atoms with Crippen LogP contribution in [0.2, 0.25) is 5.02 Å². The first kappa shape index (κ1) is 26.2. The molecule has 156 valence electrons. The van der Waals surface area contributed by atoms with E-state index >= 15 is 0 Å². The molecular weight excluding hydrogens is 481 g/mol. The lowest BCUT2D eigenvalue weighted by Gasteiger charge is -2.12. The van der Waals surface area contributed by atoms with Gasteiger partial charge in [0.25, 0.3) is 0 Å². The van der Waals surface area contributed by atoms with E-state index in [0.29, 0.717) is 13.2 Å². The monoisotopic (exact) mass is 513 g/mol. The smallest absolute Gasteiger partial charge is 0.191 e. The number of guanidine groups is 1. The van der Waals surface area contributed by atoms with Gasteiger partial charge in [0.1, 0.15) is 5.75 Å². The summed E-state index contributed by atoms with van der Waals surface area (Å²) in [7, 11) is 3.31. The van der Waals surface area contributed by atoms with E-state index < -0.39 is 0 Å². The van der Waals surface area contributed by atoms with Crippen molar-refractivity contribution in [2.24, 2.45) is 4.99 Å². The zero-order valence-corrected chi connectivity index (χ0v) is 19.6. The Bertz CT molecular complexity index is 533. The van der Waals surface area contributed by atoms with Crippen LogP contribution in [0.3, 0.4) is 0 Å². The summed E-state index contributed by atoms with van der Waals surface area (Å²) in [6.07, 6.45) is 2.81. The van der Waals surface area contributed by atoms with Crippen molar-refractivity contribution < 1.29 is 14.2 Å². The van der Waals surface area contributed by atoms with E-state index in [1.807, 2.05) is 18.2 Å². The van der Waals surface area contributed by atoms with Gasteiger partial charge < -0.3 is 24.8 Å². The lowest BCUT2D eigenvalue weighted by Crippen LogP contribution is -2.38. The van der Waals surface area contributed by atoms with E-state index in [4.69, 9.17) is 25.8 Å². The minimum absolute atomic E-state index is 0. The predicted molar refractivity (Wildman–Crippen MR) is 123 cm³/mol. The molecule has 1 aromatic carbocycles.